The van der Waals surface area contributed by atoms with Gasteiger partial charge in [0.1, 0.15) is 0 Å². The number of carbonyl (C=O) groups excluding carboxylic acids is 2. The molecule has 0 bridgehead atoms. The van der Waals surface area contributed by atoms with Crippen molar-refractivity contribution < 1.29 is 29.3 Å². The number of aliphatic hydroxyl groups is 2. The number of hydrogen-bond donors (Lipinski definition) is 2. The van der Waals surface area contributed by atoms with Gasteiger partial charge in [-0.2, -0.15) is 0 Å². The quantitative estimate of drug-likeness (QED) is 0.178. The van der Waals surface area contributed by atoms with Gasteiger partial charge in [0.2, 0.25) is 0 Å². The summed E-state index contributed by atoms with van der Waals surface area (Å²) in [4.78, 5) is 20.5. The first-order valence-electron chi connectivity index (χ1n) is 19.2. The van der Waals surface area contributed by atoms with E-state index in [1.165, 1.54) is 206 Å². The lowest BCUT2D eigenvalue weighted by atomic mass is 10.0. The molecule has 0 aromatic heterocycles. The van der Waals surface area contributed by atoms with Gasteiger partial charge in [0.05, 0.1) is 0 Å². The normalized spacial score (nSPS) is 18.5. The van der Waals surface area contributed by atoms with Crippen LogP contribution in [0.2, 0.25) is 0 Å². The van der Waals surface area contributed by atoms with Crippen LogP contribution in [0.5, 0.6) is 0 Å². The molecule has 0 heterocycles. The molecule has 3 aliphatic carbocycles. The lowest BCUT2D eigenvalue weighted by Gasteiger charge is -2.05. The van der Waals surface area contributed by atoms with Crippen molar-refractivity contribution in [2.45, 2.75) is 206 Å². The van der Waals surface area contributed by atoms with E-state index in [0.717, 1.165) is 0 Å². The zero-order valence-electron chi connectivity index (χ0n) is 30.6. The highest BCUT2D eigenvalue weighted by Crippen LogP contribution is 2.17. The summed E-state index contributed by atoms with van der Waals surface area (Å²) >= 11 is 0. The lowest BCUT2D eigenvalue weighted by Crippen LogP contribution is -2.04. The van der Waals surface area contributed by atoms with E-state index in [2.05, 4.69) is 22.6 Å². The molecule has 0 aromatic rings. The highest BCUT2D eigenvalue weighted by Gasteiger charge is 2.00. The zero-order valence-corrected chi connectivity index (χ0v) is 30.6. The third-order valence-corrected chi connectivity index (χ3v) is 8.59. The molecule has 46 heavy (non-hydrogen) atoms. The van der Waals surface area contributed by atoms with E-state index in [1.54, 1.807) is 0 Å². The molecule has 3 saturated carbocycles. The van der Waals surface area contributed by atoms with Crippen LogP contribution in [-0.2, 0) is 19.1 Å². The minimum atomic E-state index is -0.578. The number of aliphatic hydroxyl groups excluding tert-OH is 2. The first-order valence-corrected chi connectivity index (χ1v) is 19.2. The van der Waals surface area contributed by atoms with E-state index in [9.17, 15) is 9.59 Å². The number of hydrogen-bond acceptors (Lipinski definition) is 6. The first-order chi connectivity index (χ1) is 22.4. The molecule has 6 heteroatoms. The number of carbonyl (C=O) groups is 2. The summed E-state index contributed by atoms with van der Waals surface area (Å²) in [5, 5.41) is 16.0. The molecule has 3 fully saturated rings. The molecule has 0 spiro atoms. The van der Waals surface area contributed by atoms with Crippen LogP contribution in [-0.4, -0.2) is 35.7 Å². The molecular formula is C40H76O6. The molecule has 6 nitrogen and oxygen atoms in total. The predicted octanol–water partition coefficient (Wildman–Crippen LogP) is 11.8. The van der Waals surface area contributed by atoms with Gasteiger partial charge in [0, 0.05) is 11.1 Å². The maximum absolute atomic E-state index is 10.3. The molecule has 272 valence electrons. The molecule has 0 atom stereocenters. The average Bonchev–Trinajstić information content (AvgIpc) is 3.07. The summed E-state index contributed by atoms with van der Waals surface area (Å²) in [6.07, 6.45) is 45.0. The van der Waals surface area contributed by atoms with E-state index in [4.69, 9.17) is 10.2 Å². The minimum Gasteiger partial charge on any atom is -0.435 e. The van der Waals surface area contributed by atoms with Gasteiger partial charge in [-0.15, -0.1) is 0 Å². The summed E-state index contributed by atoms with van der Waals surface area (Å²) in [7, 11) is 0. The fraction of sp³-hybridized carbons (Fsp3) is 0.850. The molecule has 0 saturated heterocycles. The molecule has 0 aromatic carbocycles. The van der Waals surface area contributed by atoms with Crippen molar-refractivity contribution in [1.29, 1.82) is 0 Å². The van der Waals surface area contributed by atoms with Crippen LogP contribution in [0.15, 0.2) is 24.3 Å². The van der Waals surface area contributed by atoms with E-state index in [-0.39, 0.29) is 0 Å². The summed E-state index contributed by atoms with van der Waals surface area (Å²) in [6.45, 7) is 8.44. The van der Waals surface area contributed by atoms with Gasteiger partial charge < -0.3 is 19.7 Å². The maximum Gasteiger partial charge on any atom is 0.335 e. The van der Waals surface area contributed by atoms with Crippen LogP contribution < -0.4 is 0 Å². The van der Waals surface area contributed by atoms with Crippen molar-refractivity contribution in [2.75, 3.05) is 13.6 Å². The highest BCUT2D eigenvalue weighted by molar-refractivity contribution is 5.87. The Hall–Kier alpha value is -1.66. The van der Waals surface area contributed by atoms with Crippen molar-refractivity contribution in [3.05, 3.63) is 24.3 Å². The van der Waals surface area contributed by atoms with Crippen molar-refractivity contribution in [1.82, 2.24) is 0 Å². The van der Waals surface area contributed by atoms with Crippen molar-refractivity contribution in [2.24, 2.45) is 0 Å². The number of ether oxygens (including phenoxy) is 2. The Morgan fingerprint density at radius 2 is 0.478 bits per heavy atom. The molecule has 3 rings (SSSR count). The highest BCUT2D eigenvalue weighted by atomic mass is 16.6. The second-order valence-electron chi connectivity index (χ2n) is 13.3. The van der Waals surface area contributed by atoms with Crippen LogP contribution in [0.3, 0.4) is 0 Å². The molecule has 0 aliphatic heterocycles. The topological polar surface area (TPSA) is 93.1 Å². The van der Waals surface area contributed by atoms with Crippen molar-refractivity contribution >= 4 is 11.9 Å². The van der Waals surface area contributed by atoms with Crippen LogP contribution in [0.25, 0.3) is 0 Å². The van der Waals surface area contributed by atoms with Crippen LogP contribution in [0, 0.1) is 0 Å². The van der Waals surface area contributed by atoms with E-state index in [0.29, 0.717) is 11.1 Å². The second kappa shape index (κ2) is 39.5. The maximum atomic E-state index is 10.3. The van der Waals surface area contributed by atoms with Gasteiger partial charge in [-0.3, -0.25) is 0 Å². The molecule has 3 aliphatic rings. The zero-order chi connectivity index (χ0) is 34.4. The molecule has 0 radical (unpaired) electrons. The van der Waals surface area contributed by atoms with E-state index < -0.39 is 25.5 Å². The second-order valence-corrected chi connectivity index (χ2v) is 13.3. The number of esters is 2. The van der Waals surface area contributed by atoms with Crippen LogP contribution in [0.1, 0.15) is 206 Å². The number of rotatable bonds is 4. The van der Waals surface area contributed by atoms with Gasteiger partial charge in [-0.1, -0.05) is 206 Å². The van der Waals surface area contributed by atoms with Crippen molar-refractivity contribution in [3.8, 4) is 0 Å². The largest absolute Gasteiger partial charge is 0.435 e. The summed E-state index contributed by atoms with van der Waals surface area (Å²) < 4.78 is 8.24. The average molecular weight is 653 g/mol. The molecular weight excluding hydrogens is 576 g/mol. The van der Waals surface area contributed by atoms with Gasteiger partial charge in [-0.05, 0) is 13.8 Å². The summed E-state index contributed by atoms with van der Waals surface area (Å²) in [5.74, 6) is -1.12. The fourth-order valence-corrected chi connectivity index (χ4v) is 5.67. The Morgan fingerprint density at radius 3 is 0.522 bits per heavy atom. The predicted molar refractivity (Wildman–Crippen MR) is 194 cm³/mol. The Morgan fingerprint density at radius 1 is 0.370 bits per heavy atom. The summed E-state index contributed by atoms with van der Waals surface area (Å²) in [6, 6.07) is 0. The van der Waals surface area contributed by atoms with Crippen LogP contribution >= 0.6 is 0 Å². The lowest BCUT2D eigenvalue weighted by molar-refractivity contribution is -0.147. The third kappa shape index (κ3) is 40.4. The van der Waals surface area contributed by atoms with Crippen LogP contribution in [0.4, 0.5) is 0 Å². The van der Waals surface area contributed by atoms with Gasteiger partial charge in [-0.25, -0.2) is 9.59 Å². The van der Waals surface area contributed by atoms with E-state index in [1.807, 2.05) is 0 Å². The van der Waals surface area contributed by atoms with Gasteiger partial charge in [0.15, 0.2) is 13.6 Å². The molecule has 0 amide bonds. The molecule has 2 N–H and O–H groups in total. The Bertz CT molecular complexity index is 514. The smallest absolute Gasteiger partial charge is 0.335 e. The Balaban J connectivity index is 0. The van der Waals surface area contributed by atoms with Crippen molar-refractivity contribution in [3.63, 3.8) is 0 Å². The third-order valence-electron chi connectivity index (χ3n) is 8.59. The van der Waals surface area contributed by atoms with Gasteiger partial charge in [0.25, 0.3) is 0 Å². The minimum absolute atomic E-state index is 0.291. The monoisotopic (exact) mass is 653 g/mol. The molecule has 0 unspecified atom stereocenters. The van der Waals surface area contributed by atoms with Gasteiger partial charge >= 0.3 is 11.9 Å². The Kier molecular flexibility index (Phi) is 39.9. The Labute approximate surface area is 285 Å². The SMILES string of the molecule is C1CCCCCCCCC1.C1CCCCCCCCC1.C1CCCCCCCCC1.C=C(C)C(=O)OCO.C=C(C)C(=O)OCO. The van der Waals surface area contributed by atoms with E-state index >= 15 is 0 Å². The fourth-order valence-electron chi connectivity index (χ4n) is 5.67. The summed E-state index contributed by atoms with van der Waals surface area (Å²) in [5.41, 5.74) is 0.582. The standard InChI is InChI=1S/3C10H20.2C5H8O3/c3*1-2-4-6-8-10-9-7-5-3-1;2*1-4(2)5(7)8-3-6/h3*1-10H2;2*6H,1,3H2,2H3. The first kappa shape index (κ1) is 46.5.